The van der Waals surface area contributed by atoms with Gasteiger partial charge in [0.2, 0.25) is 0 Å². The van der Waals surface area contributed by atoms with Gasteiger partial charge in [-0.05, 0) is 18.1 Å². The summed E-state index contributed by atoms with van der Waals surface area (Å²) < 4.78 is 3.94. The topological polar surface area (TPSA) is 61.4 Å². The number of aryl methyl sites for hydroxylation is 4. The maximum Gasteiger partial charge on any atom is 0.158 e. The molecule has 0 saturated carbocycles. The van der Waals surface area contributed by atoms with E-state index in [0.717, 1.165) is 36.7 Å². The van der Waals surface area contributed by atoms with E-state index in [9.17, 15) is 0 Å². The third-order valence-corrected chi connectivity index (χ3v) is 3.37. The normalized spacial score (nSPS) is 11.0. The molecule has 0 fully saturated rings. The minimum atomic E-state index is 0.824. The molecule has 21 heavy (non-hydrogen) atoms. The standard InChI is InChI=1S/C15H18N6/c1-3-14-16-6-4-13(19-14)15-17-7-9-21(15)8-5-12-10-18-20(2)11-12/h4,6-7,9-11H,3,5,8H2,1-2H3. The molecular weight excluding hydrogens is 264 g/mol. The summed E-state index contributed by atoms with van der Waals surface area (Å²) in [6.07, 6.45) is 11.3. The Hall–Kier alpha value is -2.50. The average Bonchev–Trinajstić information content (AvgIpc) is 3.14. The Kier molecular flexibility index (Phi) is 3.77. The van der Waals surface area contributed by atoms with Gasteiger partial charge in [-0.3, -0.25) is 4.68 Å². The van der Waals surface area contributed by atoms with Crippen molar-refractivity contribution in [3.63, 3.8) is 0 Å². The third-order valence-electron chi connectivity index (χ3n) is 3.37. The maximum atomic E-state index is 4.54. The summed E-state index contributed by atoms with van der Waals surface area (Å²) in [4.78, 5) is 13.2. The molecule has 3 rings (SSSR count). The molecule has 0 unspecified atom stereocenters. The van der Waals surface area contributed by atoms with Crippen molar-refractivity contribution in [2.75, 3.05) is 0 Å². The Morgan fingerprint density at radius 2 is 2.10 bits per heavy atom. The summed E-state index contributed by atoms with van der Waals surface area (Å²) >= 11 is 0. The van der Waals surface area contributed by atoms with Gasteiger partial charge >= 0.3 is 0 Å². The first kappa shape index (κ1) is 13.5. The monoisotopic (exact) mass is 282 g/mol. The van der Waals surface area contributed by atoms with Crippen LogP contribution in [0.25, 0.3) is 11.5 Å². The van der Waals surface area contributed by atoms with Crippen LogP contribution in [0.3, 0.4) is 0 Å². The van der Waals surface area contributed by atoms with Gasteiger partial charge in [0.05, 0.1) is 6.20 Å². The summed E-state index contributed by atoms with van der Waals surface area (Å²) in [5.41, 5.74) is 2.09. The number of hydrogen-bond acceptors (Lipinski definition) is 4. The minimum absolute atomic E-state index is 0.824. The first-order chi connectivity index (χ1) is 10.3. The fraction of sp³-hybridized carbons (Fsp3) is 0.333. The van der Waals surface area contributed by atoms with Crippen LogP contribution in [0.1, 0.15) is 18.3 Å². The molecule has 3 aromatic rings. The molecule has 0 radical (unpaired) electrons. The lowest BCUT2D eigenvalue weighted by atomic mass is 10.2. The zero-order valence-corrected chi connectivity index (χ0v) is 12.3. The number of rotatable bonds is 5. The molecule has 0 spiro atoms. The van der Waals surface area contributed by atoms with Crippen molar-refractivity contribution in [2.45, 2.75) is 26.3 Å². The number of aromatic nitrogens is 6. The van der Waals surface area contributed by atoms with E-state index in [1.165, 1.54) is 5.56 Å². The lowest BCUT2D eigenvalue weighted by molar-refractivity contribution is 0.699. The molecule has 6 heteroatoms. The minimum Gasteiger partial charge on any atom is -0.329 e. The molecule has 3 aromatic heterocycles. The quantitative estimate of drug-likeness (QED) is 0.717. The second kappa shape index (κ2) is 5.87. The van der Waals surface area contributed by atoms with Gasteiger partial charge in [0.15, 0.2) is 5.82 Å². The maximum absolute atomic E-state index is 4.54. The predicted molar refractivity (Wildman–Crippen MR) is 79.5 cm³/mol. The zero-order valence-electron chi connectivity index (χ0n) is 12.3. The second-order valence-electron chi connectivity index (χ2n) is 4.93. The summed E-state index contributed by atoms with van der Waals surface area (Å²) in [7, 11) is 1.93. The van der Waals surface area contributed by atoms with Crippen LogP contribution in [0, 0.1) is 0 Å². The van der Waals surface area contributed by atoms with Gasteiger partial charge in [0.1, 0.15) is 11.5 Å². The van der Waals surface area contributed by atoms with Crippen LogP contribution >= 0.6 is 0 Å². The van der Waals surface area contributed by atoms with Gasteiger partial charge in [0, 0.05) is 44.8 Å². The molecule has 0 aliphatic heterocycles. The van der Waals surface area contributed by atoms with Crippen molar-refractivity contribution in [3.8, 4) is 11.5 Å². The number of nitrogens with zero attached hydrogens (tertiary/aromatic N) is 6. The van der Waals surface area contributed by atoms with E-state index >= 15 is 0 Å². The van der Waals surface area contributed by atoms with Gasteiger partial charge in [-0.15, -0.1) is 0 Å². The first-order valence-electron chi connectivity index (χ1n) is 7.07. The Balaban J connectivity index is 1.80. The largest absolute Gasteiger partial charge is 0.329 e. The van der Waals surface area contributed by atoms with Crippen molar-refractivity contribution < 1.29 is 0 Å². The molecular formula is C15H18N6. The smallest absolute Gasteiger partial charge is 0.158 e. The molecule has 0 atom stereocenters. The lowest BCUT2D eigenvalue weighted by Gasteiger charge is -2.07. The van der Waals surface area contributed by atoms with E-state index in [1.807, 2.05) is 49.5 Å². The molecule has 0 N–H and O–H groups in total. The molecule has 0 bridgehead atoms. The van der Waals surface area contributed by atoms with Gasteiger partial charge in [-0.1, -0.05) is 6.92 Å². The molecule has 0 aliphatic rings. The zero-order chi connectivity index (χ0) is 14.7. The molecule has 0 amide bonds. The number of hydrogen-bond donors (Lipinski definition) is 0. The van der Waals surface area contributed by atoms with Gasteiger partial charge in [-0.2, -0.15) is 5.10 Å². The summed E-state index contributed by atoms with van der Waals surface area (Å²) in [5, 5.41) is 4.19. The van der Waals surface area contributed by atoms with Crippen molar-refractivity contribution in [1.82, 2.24) is 29.3 Å². The van der Waals surface area contributed by atoms with E-state index < -0.39 is 0 Å². The van der Waals surface area contributed by atoms with Crippen LogP contribution in [0.2, 0.25) is 0 Å². The number of imidazole rings is 1. The van der Waals surface area contributed by atoms with E-state index in [1.54, 1.807) is 6.20 Å². The SMILES string of the molecule is CCc1nccc(-c2nccn2CCc2cnn(C)c2)n1. The summed E-state index contributed by atoms with van der Waals surface area (Å²) in [6.45, 7) is 2.90. The van der Waals surface area contributed by atoms with Crippen molar-refractivity contribution in [1.29, 1.82) is 0 Å². The van der Waals surface area contributed by atoms with Crippen LogP contribution in [-0.2, 0) is 26.4 Å². The first-order valence-corrected chi connectivity index (χ1v) is 7.07. The molecule has 0 saturated heterocycles. The summed E-state index contributed by atoms with van der Waals surface area (Å²) in [5.74, 6) is 1.73. The molecule has 0 aromatic carbocycles. The summed E-state index contributed by atoms with van der Waals surface area (Å²) in [6, 6.07) is 1.90. The van der Waals surface area contributed by atoms with Crippen LogP contribution in [0.4, 0.5) is 0 Å². The van der Waals surface area contributed by atoms with Gasteiger partial charge in [-0.25, -0.2) is 15.0 Å². The van der Waals surface area contributed by atoms with Crippen LogP contribution in [0.5, 0.6) is 0 Å². The highest BCUT2D eigenvalue weighted by Gasteiger charge is 2.08. The highest BCUT2D eigenvalue weighted by atomic mass is 15.2. The molecule has 3 heterocycles. The molecule has 0 aliphatic carbocycles. The van der Waals surface area contributed by atoms with Crippen molar-refractivity contribution in [2.24, 2.45) is 7.05 Å². The van der Waals surface area contributed by atoms with E-state index in [2.05, 4.69) is 24.6 Å². The lowest BCUT2D eigenvalue weighted by Crippen LogP contribution is -2.04. The molecule has 108 valence electrons. The van der Waals surface area contributed by atoms with Gasteiger partial charge < -0.3 is 4.57 Å². The van der Waals surface area contributed by atoms with E-state index in [-0.39, 0.29) is 0 Å². The fourth-order valence-corrected chi connectivity index (χ4v) is 2.27. The third kappa shape index (κ3) is 2.99. The Morgan fingerprint density at radius 1 is 1.19 bits per heavy atom. The highest BCUT2D eigenvalue weighted by Crippen LogP contribution is 2.15. The van der Waals surface area contributed by atoms with Gasteiger partial charge in [0.25, 0.3) is 0 Å². The Labute approximate surface area is 123 Å². The van der Waals surface area contributed by atoms with Crippen molar-refractivity contribution in [3.05, 3.63) is 48.4 Å². The molecule has 6 nitrogen and oxygen atoms in total. The fourth-order valence-electron chi connectivity index (χ4n) is 2.27. The van der Waals surface area contributed by atoms with E-state index in [0.29, 0.717) is 0 Å². The van der Waals surface area contributed by atoms with Crippen LogP contribution < -0.4 is 0 Å². The average molecular weight is 282 g/mol. The Bertz CT molecular complexity index is 727. The second-order valence-corrected chi connectivity index (χ2v) is 4.93. The Morgan fingerprint density at radius 3 is 2.86 bits per heavy atom. The van der Waals surface area contributed by atoms with Crippen molar-refractivity contribution >= 4 is 0 Å². The van der Waals surface area contributed by atoms with E-state index in [4.69, 9.17) is 0 Å². The highest BCUT2D eigenvalue weighted by molar-refractivity contribution is 5.49. The predicted octanol–water partition coefficient (Wildman–Crippen LogP) is 1.88. The van der Waals surface area contributed by atoms with Crippen LogP contribution in [0.15, 0.2) is 37.1 Å². The van der Waals surface area contributed by atoms with Crippen LogP contribution in [-0.4, -0.2) is 29.3 Å².